The molecule has 1 nitrogen and oxygen atoms in total. The van der Waals surface area contributed by atoms with Crippen LogP contribution in [0.3, 0.4) is 0 Å². The number of ether oxygens (including phenoxy) is 1. The van der Waals surface area contributed by atoms with Crippen LogP contribution in [0.5, 0.6) is 0 Å². The first-order chi connectivity index (χ1) is 6.43. The van der Waals surface area contributed by atoms with E-state index in [0.29, 0.717) is 6.10 Å². The average molecular weight is 182 g/mol. The third kappa shape index (κ3) is 5.09. The molecule has 1 heteroatoms. The van der Waals surface area contributed by atoms with Crippen molar-refractivity contribution in [3.8, 4) is 0 Å². The highest BCUT2D eigenvalue weighted by Gasteiger charge is 2.13. The zero-order chi connectivity index (χ0) is 9.36. The van der Waals surface area contributed by atoms with Gasteiger partial charge in [-0.1, -0.05) is 25.0 Å². The van der Waals surface area contributed by atoms with Crippen LogP contribution in [-0.4, -0.2) is 12.7 Å². The lowest BCUT2D eigenvalue weighted by Gasteiger charge is -2.07. The van der Waals surface area contributed by atoms with E-state index in [9.17, 15) is 0 Å². The van der Waals surface area contributed by atoms with Crippen LogP contribution in [0.15, 0.2) is 12.2 Å². The molecule has 0 N–H and O–H groups in total. The van der Waals surface area contributed by atoms with Crippen molar-refractivity contribution in [1.82, 2.24) is 0 Å². The molecule has 13 heavy (non-hydrogen) atoms. The Kier molecular flexibility index (Phi) is 5.92. The van der Waals surface area contributed by atoms with Gasteiger partial charge in [-0.3, -0.25) is 0 Å². The van der Waals surface area contributed by atoms with E-state index in [2.05, 4.69) is 19.1 Å². The minimum absolute atomic E-state index is 0.599. The number of hydrogen-bond donors (Lipinski definition) is 0. The first kappa shape index (κ1) is 10.8. The SMILES string of the molecule is CC=CCCCCCC1CCCO1. The van der Waals surface area contributed by atoms with Crippen LogP contribution in [0, 0.1) is 0 Å². The first-order valence-electron chi connectivity index (χ1n) is 5.66. The molecular formula is C12H22O. The summed E-state index contributed by atoms with van der Waals surface area (Å²) in [5, 5.41) is 0. The first-order valence-corrected chi connectivity index (χ1v) is 5.66. The summed E-state index contributed by atoms with van der Waals surface area (Å²) in [4.78, 5) is 0. The molecule has 0 saturated carbocycles. The van der Waals surface area contributed by atoms with Crippen LogP contribution in [0.1, 0.15) is 51.9 Å². The zero-order valence-corrected chi connectivity index (χ0v) is 8.80. The Morgan fingerprint density at radius 1 is 1.31 bits per heavy atom. The van der Waals surface area contributed by atoms with Crippen LogP contribution in [0.4, 0.5) is 0 Å². The predicted octanol–water partition coefficient (Wildman–Crippen LogP) is 3.69. The minimum atomic E-state index is 0.599. The summed E-state index contributed by atoms with van der Waals surface area (Å²) >= 11 is 0. The maximum absolute atomic E-state index is 5.57. The summed E-state index contributed by atoms with van der Waals surface area (Å²) in [5.41, 5.74) is 0. The molecule has 0 bridgehead atoms. The molecule has 1 aliphatic rings. The van der Waals surface area contributed by atoms with Gasteiger partial charge in [-0.25, -0.2) is 0 Å². The van der Waals surface area contributed by atoms with Crippen molar-refractivity contribution in [3.63, 3.8) is 0 Å². The molecule has 0 radical (unpaired) electrons. The molecule has 1 aliphatic heterocycles. The Morgan fingerprint density at radius 3 is 2.92 bits per heavy atom. The third-order valence-corrected chi connectivity index (χ3v) is 2.66. The maximum atomic E-state index is 5.57. The molecule has 1 unspecified atom stereocenters. The number of rotatable bonds is 6. The van der Waals surface area contributed by atoms with E-state index in [4.69, 9.17) is 4.74 Å². The van der Waals surface area contributed by atoms with E-state index in [1.807, 2.05) is 0 Å². The maximum Gasteiger partial charge on any atom is 0.0576 e. The predicted molar refractivity (Wildman–Crippen MR) is 56.9 cm³/mol. The fourth-order valence-corrected chi connectivity index (χ4v) is 1.85. The average Bonchev–Trinajstić information content (AvgIpc) is 2.63. The number of allylic oxidation sites excluding steroid dienone is 2. The lowest BCUT2D eigenvalue weighted by molar-refractivity contribution is 0.102. The van der Waals surface area contributed by atoms with Crippen molar-refractivity contribution in [2.24, 2.45) is 0 Å². The summed E-state index contributed by atoms with van der Waals surface area (Å²) < 4.78 is 5.57. The lowest BCUT2D eigenvalue weighted by atomic mass is 10.1. The van der Waals surface area contributed by atoms with Gasteiger partial charge in [0.25, 0.3) is 0 Å². The van der Waals surface area contributed by atoms with Gasteiger partial charge in [0.15, 0.2) is 0 Å². The van der Waals surface area contributed by atoms with Gasteiger partial charge in [-0.05, 0) is 39.0 Å². The van der Waals surface area contributed by atoms with E-state index >= 15 is 0 Å². The second kappa shape index (κ2) is 7.14. The van der Waals surface area contributed by atoms with Gasteiger partial charge in [0.1, 0.15) is 0 Å². The highest BCUT2D eigenvalue weighted by molar-refractivity contribution is 4.76. The summed E-state index contributed by atoms with van der Waals surface area (Å²) in [6.07, 6.45) is 14.2. The molecule has 1 fully saturated rings. The molecular weight excluding hydrogens is 160 g/mol. The third-order valence-electron chi connectivity index (χ3n) is 2.66. The second-order valence-corrected chi connectivity index (χ2v) is 3.84. The highest BCUT2D eigenvalue weighted by Crippen LogP contribution is 2.18. The van der Waals surface area contributed by atoms with Gasteiger partial charge in [-0.2, -0.15) is 0 Å². The van der Waals surface area contributed by atoms with Crippen molar-refractivity contribution >= 4 is 0 Å². The summed E-state index contributed by atoms with van der Waals surface area (Å²) in [6, 6.07) is 0. The van der Waals surface area contributed by atoms with Crippen molar-refractivity contribution in [2.75, 3.05) is 6.61 Å². The number of hydrogen-bond acceptors (Lipinski definition) is 1. The van der Waals surface area contributed by atoms with Gasteiger partial charge in [0.2, 0.25) is 0 Å². The Labute approximate surface area is 82.2 Å². The lowest BCUT2D eigenvalue weighted by Crippen LogP contribution is -2.03. The minimum Gasteiger partial charge on any atom is -0.378 e. The molecule has 1 rings (SSSR count). The van der Waals surface area contributed by atoms with E-state index in [1.54, 1.807) is 0 Å². The van der Waals surface area contributed by atoms with E-state index in [1.165, 1.54) is 44.9 Å². The molecule has 1 heterocycles. The van der Waals surface area contributed by atoms with Gasteiger partial charge >= 0.3 is 0 Å². The molecule has 1 saturated heterocycles. The zero-order valence-electron chi connectivity index (χ0n) is 8.80. The van der Waals surface area contributed by atoms with E-state index < -0.39 is 0 Å². The Hall–Kier alpha value is -0.300. The topological polar surface area (TPSA) is 9.23 Å². The summed E-state index contributed by atoms with van der Waals surface area (Å²) in [7, 11) is 0. The highest BCUT2D eigenvalue weighted by atomic mass is 16.5. The van der Waals surface area contributed by atoms with Crippen LogP contribution in [-0.2, 0) is 4.74 Å². The Bertz CT molecular complexity index is 134. The van der Waals surface area contributed by atoms with Gasteiger partial charge in [0.05, 0.1) is 6.10 Å². The van der Waals surface area contributed by atoms with Crippen LogP contribution >= 0.6 is 0 Å². The quantitative estimate of drug-likeness (QED) is 0.449. The van der Waals surface area contributed by atoms with Crippen molar-refractivity contribution in [1.29, 1.82) is 0 Å². The van der Waals surface area contributed by atoms with Gasteiger partial charge in [0, 0.05) is 6.61 Å². The van der Waals surface area contributed by atoms with Crippen molar-refractivity contribution in [2.45, 2.75) is 58.0 Å². The van der Waals surface area contributed by atoms with E-state index in [-0.39, 0.29) is 0 Å². The molecule has 0 aromatic carbocycles. The van der Waals surface area contributed by atoms with Crippen molar-refractivity contribution in [3.05, 3.63) is 12.2 Å². The fourth-order valence-electron chi connectivity index (χ4n) is 1.85. The summed E-state index contributed by atoms with van der Waals surface area (Å²) in [5.74, 6) is 0. The standard InChI is InChI=1S/C12H22O/c1-2-3-4-5-6-7-9-12-10-8-11-13-12/h2-3,12H,4-11H2,1H3. The van der Waals surface area contributed by atoms with Crippen molar-refractivity contribution < 1.29 is 4.74 Å². The second-order valence-electron chi connectivity index (χ2n) is 3.84. The van der Waals surface area contributed by atoms with Gasteiger partial charge in [-0.15, -0.1) is 0 Å². The largest absolute Gasteiger partial charge is 0.378 e. The molecule has 0 aromatic heterocycles. The van der Waals surface area contributed by atoms with Crippen LogP contribution in [0.2, 0.25) is 0 Å². The smallest absolute Gasteiger partial charge is 0.0576 e. The summed E-state index contributed by atoms with van der Waals surface area (Å²) in [6.45, 7) is 3.09. The molecule has 1 atom stereocenters. The monoisotopic (exact) mass is 182 g/mol. The molecule has 0 amide bonds. The Balaban J connectivity index is 1.83. The molecule has 0 spiro atoms. The molecule has 0 aromatic rings. The number of unbranched alkanes of at least 4 members (excludes halogenated alkanes) is 3. The fraction of sp³-hybridized carbons (Fsp3) is 0.833. The molecule has 0 aliphatic carbocycles. The normalized spacial score (nSPS) is 23.0. The Morgan fingerprint density at radius 2 is 2.23 bits per heavy atom. The van der Waals surface area contributed by atoms with Crippen LogP contribution in [0.25, 0.3) is 0 Å². The van der Waals surface area contributed by atoms with Gasteiger partial charge < -0.3 is 4.74 Å². The molecule has 76 valence electrons. The van der Waals surface area contributed by atoms with E-state index in [0.717, 1.165) is 6.61 Å². The van der Waals surface area contributed by atoms with Crippen LogP contribution < -0.4 is 0 Å².